The predicted octanol–water partition coefficient (Wildman–Crippen LogP) is 5.17. The highest BCUT2D eigenvalue weighted by Crippen LogP contribution is 2.31. The Bertz CT molecular complexity index is 1650. The maximum atomic E-state index is 14.3. The number of carbonyl (C=O) groups is 1. The normalized spacial score (nSPS) is 20.7. The van der Waals surface area contributed by atoms with E-state index in [1.54, 1.807) is 20.0 Å². The highest BCUT2D eigenvalue weighted by Gasteiger charge is 2.32. The number of halogens is 3. The number of carbonyl (C=O) groups excluding carboxylic acids is 1. The number of aromatic nitrogens is 2. The van der Waals surface area contributed by atoms with E-state index >= 15 is 0 Å². The molecule has 1 amide bonds. The number of imidazole rings is 1. The van der Waals surface area contributed by atoms with Gasteiger partial charge in [-0.25, -0.2) is 4.98 Å². The molecular formula is C34H46F3N5O6S. The minimum absolute atomic E-state index is 0.134. The second-order valence-corrected chi connectivity index (χ2v) is 14.5. The van der Waals surface area contributed by atoms with Crippen LogP contribution in [0.15, 0.2) is 60.0 Å². The third kappa shape index (κ3) is 10.4. The number of nitrogens with zero attached hydrogens (tertiary/aromatic N) is 4. The molecule has 0 unspecified atom stereocenters. The number of rotatable bonds is 9. The minimum Gasteiger partial charge on any atom is -0.490 e. The van der Waals surface area contributed by atoms with Gasteiger partial charge >= 0.3 is 6.18 Å². The van der Waals surface area contributed by atoms with Gasteiger partial charge in [-0.1, -0.05) is 19.1 Å². The smallest absolute Gasteiger partial charge is 0.416 e. The Morgan fingerprint density at radius 3 is 2.49 bits per heavy atom. The zero-order valence-corrected chi connectivity index (χ0v) is 29.3. The Kier molecular flexibility index (Phi) is 12.7. The molecule has 15 heteroatoms. The van der Waals surface area contributed by atoms with Gasteiger partial charge in [-0.3, -0.25) is 14.4 Å². The Balaban J connectivity index is 1.60. The molecule has 11 nitrogen and oxygen atoms in total. The van der Waals surface area contributed by atoms with Gasteiger partial charge in [-0.05, 0) is 76.1 Å². The third-order valence-corrected chi connectivity index (χ3v) is 9.75. The number of nitrogens with one attached hydrogen (secondary N) is 1. The first-order valence-corrected chi connectivity index (χ1v) is 17.7. The summed E-state index contributed by atoms with van der Waals surface area (Å²) in [4.78, 5) is 21.8. The Morgan fingerprint density at radius 2 is 1.86 bits per heavy atom. The van der Waals surface area contributed by atoms with E-state index in [2.05, 4.69) is 9.71 Å². The number of sulfonamides is 1. The molecule has 4 rings (SSSR count). The molecule has 0 saturated heterocycles. The largest absolute Gasteiger partial charge is 0.490 e. The summed E-state index contributed by atoms with van der Waals surface area (Å²) in [6.45, 7) is 6.73. The highest BCUT2D eigenvalue weighted by atomic mass is 32.2. The molecule has 49 heavy (non-hydrogen) atoms. The third-order valence-electron chi connectivity index (χ3n) is 8.49. The number of amides is 1. The molecule has 2 aromatic carbocycles. The average molecular weight is 710 g/mol. The molecule has 2 heterocycles. The topological polar surface area (TPSA) is 126 Å². The van der Waals surface area contributed by atoms with E-state index in [1.807, 2.05) is 25.8 Å². The Labute approximate surface area is 286 Å². The van der Waals surface area contributed by atoms with Gasteiger partial charge in [0, 0.05) is 51.1 Å². The number of hydrogen-bond donors (Lipinski definition) is 2. The summed E-state index contributed by atoms with van der Waals surface area (Å²) in [7, 11) is -0.534. The van der Waals surface area contributed by atoms with Gasteiger partial charge in [0.05, 0.1) is 42.3 Å². The molecule has 0 aliphatic carbocycles. The second-order valence-electron chi connectivity index (χ2n) is 12.9. The number of aliphatic hydroxyl groups excluding tert-OH is 1. The second kappa shape index (κ2) is 16.4. The summed E-state index contributed by atoms with van der Waals surface area (Å²) in [6, 6.07) is 9.00. The molecule has 3 aromatic rings. The fraction of sp³-hybridized carbons (Fsp3) is 0.529. The van der Waals surface area contributed by atoms with E-state index in [1.165, 1.54) is 46.3 Å². The van der Waals surface area contributed by atoms with Crippen LogP contribution < -0.4 is 9.46 Å². The van der Waals surface area contributed by atoms with Gasteiger partial charge in [-0.15, -0.1) is 0 Å². The molecular weight excluding hydrogens is 663 g/mol. The van der Waals surface area contributed by atoms with Crippen molar-refractivity contribution in [3.8, 4) is 5.75 Å². The van der Waals surface area contributed by atoms with Crippen molar-refractivity contribution in [2.24, 2.45) is 13.0 Å². The van der Waals surface area contributed by atoms with E-state index in [0.717, 1.165) is 30.5 Å². The summed E-state index contributed by atoms with van der Waals surface area (Å²) in [5, 5.41) is 10.0. The highest BCUT2D eigenvalue weighted by molar-refractivity contribution is 7.92. The van der Waals surface area contributed by atoms with E-state index < -0.39 is 33.7 Å². The van der Waals surface area contributed by atoms with Crippen LogP contribution in [-0.2, 0) is 34.5 Å². The van der Waals surface area contributed by atoms with Gasteiger partial charge in [0.1, 0.15) is 5.75 Å². The number of aryl methyl sites for hydroxylation is 1. The average Bonchev–Trinajstić information content (AvgIpc) is 3.49. The summed E-state index contributed by atoms with van der Waals surface area (Å²) >= 11 is 0. The zero-order valence-electron chi connectivity index (χ0n) is 28.5. The number of hydrogen-bond acceptors (Lipinski definition) is 8. The van der Waals surface area contributed by atoms with Crippen LogP contribution >= 0.6 is 0 Å². The molecule has 0 spiro atoms. The van der Waals surface area contributed by atoms with Gasteiger partial charge in [-0.2, -0.15) is 21.6 Å². The SMILES string of the molecule is C[C@H](CO)N1C[C@H](C)[C@H](CN(C)Cc2ccc(C(F)(F)F)cc2)OCCCC[C@H](C)Oc2ccc(NS(=O)(=O)c3cn(C)cn3)cc2C1=O. The van der Waals surface area contributed by atoms with Crippen LogP contribution in [0.5, 0.6) is 5.75 Å². The van der Waals surface area contributed by atoms with Crippen LogP contribution in [0.1, 0.15) is 61.5 Å². The van der Waals surface area contributed by atoms with Crippen LogP contribution in [0.3, 0.4) is 0 Å². The number of fused-ring (bicyclic) bond motifs is 1. The van der Waals surface area contributed by atoms with Gasteiger partial charge in [0.2, 0.25) is 0 Å². The molecule has 270 valence electrons. The van der Waals surface area contributed by atoms with Crippen molar-refractivity contribution >= 4 is 21.6 Å². The lowest BCUT2D eigenvalue weighted by atomic mass is 10.0. The van der Waals surface area contributed by atoms with Crippen LogP contribution in [0.25, 0.3) is 0 Å². The van der Waals surface area contributed by atoms with Crippen molar-refractivity contribution in [2.75, 3.05) is 38.1 Å². The number of alkyl halides is 3. The zero-order chi connectivity index (χ0) is 35.9. The van der Waals surface area contributed by atoms with Gasteiger partial charge in [0.25, 0.3) is 15.9 Å². The first kappa shape index (κ1) is 38.1. The van der Waals surface area contributed by atoms with Crippen molar-refractivity contribution in [3.05, 3.63) is 71.7 Å². The summed E-state index contributed by atoms with van der Waals surface area (Å²) in [6.07, 6.45) is -0.0614. The lowest BCUT2D eigenvalue weighted by Gasteiger charge is -2.36. The number of aliphatic hydroxyl groups is 1. The first-order chi connectivity index (χ1) is 23.1. The molecule has 1 aliphatic heterocycles. The minimum atomic E-state index is -4.41. The van der Waals surface area contributed by atoms with Crippen LogP contribution in [0, 0.1) is 5.92 Å². The molecule has 1 aliphatic rings. The molecule has 0 bridgehead atoms. The predicted molar refractivity (Wildman–Crippen MR) is 179 cm³/mol. The Morgan fingerprint density at radius 1 is 1.14 bits per heavy atom. The monoisotopic (exact) mass is 709 g/mol. The molecule has 0 fully saturated rings. The van der Waals surface area contributed by atoms with E-state index in [4.69, 9.17) is 9.47 Å². The maximum absolute atomic E-state index is 14.3. The van der Waals surface area contributed by atoms with Gasteiger partial charge < -0.3 is 24.0 Å². The summed E-state index contributed by atoms with van der Waals surface area (Å²) < 4.78 is 81.9. The maximum Gasteiger partial charge on any atom is 0.416 e. The fourth-order valence-corrected chi connectivity index (χ4v) is 6.70. The van der Waals surface area contributed by atoms with Crippen LogP contribution in [0.2, 0.25) is 0 Å². The molecule has 2 N–H and O–H groups in total. The molecule has 4 atom stereocenters. The summed E-state index contributed by atoms with van der Waals surface area (Å²) in [5.74, 6) is -0.393. The molecule has 0 radical (unpaired) electrons. The van der Waals surface area contributed by atoms with Crippen molar-refractivity contribution < 1.29 is 41.0 Å². The van der Waals surface area contributed by atoms with E-state index in [0.29, 0.717) is 31.9 Å². The van der Waals surface area contributed by atoms with Crippen LogP contribution in [0.4, 0.5) is 18.9 Å². The Hall–Kier alpha value is -3.66. The first-order valence-electron chi connectivity index (χ1n) is 16.3. The van der Waals surface area contributed by atoms with Crippen molar-refractivity contribution in [1.29, 1.82) is 0 Å². The number of ether oxygens (including phenoxy) is 2. The van der Waals surface area contributed by atoms with Crippen molar-refractivity contribution in [2.45, 2.75) is 76.0 Å². The standard InChI is InChI=1S/C34H46F3N5O6S/c1-23-17-42(24(2)21-43)33(44)29-16-28(39-49(45,46)32-20-41(5)22-38-32)13-14-30(29)48-25(3)8-6-7-15-47-31(23)19-40(4)18-26-9-11-27(12-10-26)34(35,36)37/h9-14,16,20,22-25,31,39,43H,6-8,15,17-19,21H2,1-5H3/t23-,24+,25-,31-/m0/s1. The lowest BCUT2D eigenvalue weighted by Crippen LogP contribution is -2.47. The van der Waals surface area contributed by atoms with Crippen LogP contribution in [-0.4, -0.2) is 90.4 Å². The van der Waals surface area contributed by atoms with Gasteiger partial charge in [0.15, 0.2) is 5.03 Å². The lowest BCUT2D eigenvalue weighted by molar-refractivity contribution is -0.137. The van der Waals surface area contributed by atoms with E-state index in [-0.39, 0.29) is 47.6 Å². The number of benzene rings is 2. The number of anilines is 1. The molecule has 1 aromatic heterocycles. The summed E-state index contributed by atoms with van der Waals surface area (Å²) in [5.41, 5.74) is 0.291. The number of likely N-dealkylation sites (N-methyl/N-ethyl adjacent to an activating group) is 1. The van der Waals surface area contributed by atoms with Crippen molar-refractivity contribution in [3.63, 3.8) is 0 Å². The quantitative estimate of drug-likeness (QED) is 0.312. The fourth-order valence-electron chi connectivity index (χ4n) is 5.67. The van der Waals surface area contributed by atoms with E-state index in [9.17, 15) is 31.5 Å². The van der Waals surface area contributed by atoms with Crippen molar-refractivity contribution in [1.82, 2.24) is 19.4 Å². The molecule has 0 saturated carbocycles.